The molecule has 5 heteroatoms. The van der Waals surface area contributed by atoms with Crippen molar-refractivity contribution in [3.63, 3.8) is 0 Å². The van der Waals surface area contributed by atoms with Crippen LogP contribution in [0.4, 0.5) is 0 Å². The molecule has 1 aromatic carbocycles. The van der Waals surface area contributed by atoms with Crippen LogP contribution in [0.2, 0.25) is 5.02 Å². The van der Waals surface area contributed by atoms with Crippen LogP contribution in [0.15, 0.2) is 18.2 Å². The molecule has 1 unspecified atom stereocenters. The molecule has 0 saturated carbocycles. The van der Waals surface area contributed by atoms with Crippen molar-refractivity contribution in [1.29, 1.82) is 0 Å². The molecule has 2 N–H and O–H groups in total. The second kappa shape index (κ2) is 7.41. The maximum absolute atomic E-state index is 12.6. The summed E-state index contributed by atoms with van der Waals surface area (Å²) in [6, 6.07) is 4.74. The number of aliphatic carboxylic acids is 1. The minimum Gasteiger partial charge on any atom is -0.481 e. The highest BCUT2D eigenvalue weighted by Gasteiger charge is 2.23. The van der Waals surface area contributed by atoms with Crippen molar-refractivity contribution < 1.29 is 14.7 Å². The van der Waals surface area contributed by atoms with Crippen LogP contribution in [0.1, 0.15) is 42.6 Å². The summed E-state index contributed by atoms with van der Waals surface area (Å²) in [4.78, 5) is 23.3. The maximum atomic E-state index is 12.6. The smallest absolute Gasteiger partial charge is 0.303 e. The van der Waals surface area contributed by atoms with E-state index in [1.54, 1.807) is 18.2 Å². The van der Waals surface area contributed by atoms with E-state index in [9.17, 15) is 9.59 Å². The number of halogens is 1. The second-order valence-electron chi connectivity index (χ2n) is 5.13. The molecule has 0 fully saturated rings. The van der Waals surface area contributed by atoms with Gasteiger partial charge < -0.3 is 10.4 Å². The molecule has 0 aliphatic rings. The zero-order valence-electron chi connectivity index (χ0n) is 11.9. The van der Waals surface area contributed by atoms with Gasteiger partial charge in [0.05, 0.1) is 6.04 Å². The van der Waals surface area contributed by atoms with Crippen LogP contribution in [0.25, 0.3) is 0 Å². The van der Waals surface area contributed by atoms with Crippen molar-refractivity contribution in [2.24, 2.45) is 0 Å². The number of carboxylic acid groups (broad SMARTS) is 1. The number of Topliss-reactive ketones (excluding diaryl/α,β-unsaturated/α-hetero) is 1. The predicted octanol–water partition coefficient (Wildman–Crippen LogP) is 3.06. The van der Waals surface area contributed by atoms with Gasteiger partial charge in [-0.15, -0.1) is 0 Å². The Morgan fingerprint density at radius 3 is 2.55 bits per heavy atom. The van der Waals surface area contributed by atoms with E-state index in [0.29, 0.717) is 10.6 Å². The minimum absolute atomic E-state index is 0.0459. The Balaban J connectivity index is 2.96. The molecule has 1 aromatic rings. The lowest BCUT2D eigenvalue weighted by Gasteiger charge is -2.20. The molecule has 110 valence electrons. The van der Waals surface area contributed by atoms with E-state index in [4.69, 9.17) is 16.7 Å². The molecule has 0 amide bonds. The van der Waals surface area contributed by atoms with Crippen molar-refractivity contribution in [1.82, 2.24) is 5.32 Å². The minimum atomic E-state index is -0.906. The molecule has 0 radical (unpaired) electrons. The summed E-state index contributed by atoms with van der Waals surface area (Å²) < 4.78 is 0. The first-order valence-electron chi connectivity index (χ1n) is 6.59. The van der Waals surface area contributed by atoms with Crippen LogP contribution >= 0.6 is 11.6 Å². The molecule has 0 saturated heterocycles. The molecule has 1 rings (SSSR count). The van der Waals surface area contributed by atoms with Gasteiger partial charge in [0.2, 0.25) is 0 Å². The van der Waals surface area contributed by atoms with E-state index in [-0.39, 0.29) is 24.7 Å². The third kappa shape index (κ3) is 4.94. The fourth-order valence-electron chi connectivity index (χ4n) is 2.01. The number of nitrogens with one attached hydrogen (secondary N) is 1. The Bertz CT molecular complexity index is 500. The highest BCUT2D eigenvalue weighted by atomic mass is 35.5. The number of carbonyl (C=O) groups is 2. The Labute approximate surface area is 124 Å². The summed E-state index contributed by atoms with van der Waals surface area (Å²) in [6.07, 6.45) is 0.216. The normalized spacial score (nSPS) is 12.4. The van der Waals surface area contributed by atoms with Crippen LogP contribution in [0, 0.1) is 6.92 Å². The molecule has 0 heterocycles. The number of benzene rings is 1. The number of ketones is 1. The standard InChI is InChI=1S/C15H20ClNO3/c1-9(2)17-13(6-7-14(18)19)15(20)12-8-11(16)5-4-10(12)3/h4-5,8-9,13,17H,6-7H2,1-3H3,(H,18,19). The van der Waals surface area contributed by atoms with Crippen molar-refractivity contribution in [3.8, 4) is 0 Å². The lowest BCUT2D eigenvalue weighted by atomic mass is 9.96. The van der Waals surface area contributed by atoms with Crippen molar-refractivity contribution >= 4 is 23.4 Å². The van der Waals surface area contributed by atoms with Crippen LogP contribution < -0.4 is 5.32 Å². The molecule has 0 aromatic heterocycles. The van der Waals surface area contributed by atoms with Gasteiger partial charge in [-0.25, -0.2) is 0 Å². The Kier molecular flexibility index (Phi) is 6.17. The summed E-state index contributed by atoms with van der Waals surface area (Å²) in [5.41, 5.74) is 1.38. The Morgan fingerprint density at radius 1 is 1.35 bits per heavy atom. The van der Waals surface area contributed by atoms with Crippen molar-refractivity contribution in [2.75, 3.05) is 0 Å². The van der Waals surface area contributed by atoms with Gasteiger partial charge in [0.25, 0.3) is 0 Å². The van der Waals surface area contributed by atoms with Gasteiger partial charge in [0, 0.05) is 23.0 Å². The lowest BCUT2D eigenvalue weighted by Crippen LogP contribution is -2.41. The highest BCUT2D eigenvalue weighted by molar-refractivity contribution is 6.31. The third-order valence-corrected chi connectivity index (χ3v) is 3.20. The molecule has 0 aliphatic carbocycles. The molecule has 20 heavy (non-hydrogen) atoms. The Morgan fingerprint density at radius 2 is 2.00 bits per heavy atom. The van der Waals surface area contributed by atoms with Crippen LogP contribution in [0.5, 0.6) is 0 Å². The maximum Gasteiger partial charge on any atom is 0.303 e. The first-order chi connectivity index (χ1) is 9.31. The van der Waals surface area contributed by atoms with Gasteiger partial charge in [0.1, 0.15) is 0 Å². The van der Waals surface area contributed by atoms with E-state index < -0.39 is 12.0 Å². The topological polar surface area (TPSA) is 66.4 Å². The summed E-state index contributed by atoms with van der Waals surface area (Å²) in [6.45, 7) is 5.69. The van der Waals surface area contributed by atoms with Crippen LogP contribution in [-0.2, 0) is 4.79 Å². The monoisotopic (exact) mass is 297 g/mol. The van der Waals surface area contributed by atoms with E-state index in [2.05, 4.69) is 5.32 Å². The number of hydrogen-bond acceptors (Lipinski definition) is 3. The van der Waals surface area contributed by atoms with Gasteiger partial charge in [0.15, 0.2) is 5.78 Å². The Hall–Kier alpha value is -1.39. The lowest BCUT2D eigenvalue weighted by molar-refractivity contribution is -0.137. The number of hydrogen-bond donors (Lipinski definition) is 2. The van der Waals surface area contributed by atoms with Gasteiger partial charge >= 0.3 is 5.97 Å². The summed E-state index contributed by atoms with van der Waals surface area (Å²) >= 11 is 5.93. The van der Waals surface area contributed by atoms with E-state index in [0.717, 1.165) is 5.56 Å². The SMILES string of the molecule is Cc1ccc(Cl)cc1C(=O)C(CCC(=O)O)NC(C)C. The average molecular weight is 298 g/mol. The largest absolute Gasteiger partial charge is 0.481 e. The van der Waals surface area contributed by atoms with Crippen LogP contribution in [0.3, 0.4) is 0 Å². The molecule has 0 spiro atoms. The number of aryl methyl sites for hydroxylation is 1. The molecule has 4 nitrogen and oxygen atoms in total. The molecule has 0 bridgehead atoms. The number of rotatable bonds is 7. The fraction of sp³-hybridized carbons (Fsp3) is 0.467. The third-order valence-electron chi connectivity index (χ3n) is 2.96. The second-order valence-corrected chi connectivity index (χ2v) is 5.57. The first-order valence-corrected chi connectivity index (χ1v) is 6.97. The van der Waals surface area contributed by atoms with Gasteiger partial charge in [-0.3, -0.25) is 9.59 Å². The van der Waals surface area contributed by atoms with Gasteiger partial charge in [-0.05, 0) is 31.0 Å². The number of carboxylic acids is 1. The summed E-state index contributed by atoms with van der Waals surface area (Å²) in [7, 11) is 0. The van der Waals surface area contributed by atoms with Crippen LogP contribution in [-0.4, -0.2) is 28.9 Å². The molecule has 1 atom stereocenters. The average Bonchev–Trinajstić information content (AvgIpc) is 2.36. The van der Waals surface area contributed by atoms with Crippen molar-refractivity contribution in [3.05, 3.63) is 34.3 Å². The predicted molar refractivity (Wildman–Crippen MR) is 79.4 cm³/mol. The molecular weight excluding hydrogens is 278 g/mol. The number of carbonyl (C=O) groups excluding carboxylic acids is 1. The molecular formula is C15H20ClNO3. The van der Waals surface area contributed by atoms with E-state index >= 15 is 0 Å². The van der Waals surface area contributed by atoms with E-state index in [1.807, 2.05) is 20.8 Å². The summed E-state index contributed by atoms with van der Waals surface area (Å²) in [5.74, 6) is -1.02. The van der Waals surface area contributed by atoms with Gasteiger partial charge in [-0.1, -0.05) is 31.5 Å². The first kappa shape index (κ1) is 16.7. The van der Waals surface area contributed by atoms with E-state index in [1.165, 1.54) is 0 Å². The summed E-state index contributed by atoms with van der Waals surface area (Å²) in [5, 5.41) is 12.4. The highest BCUT2D eigenvalue weighted by Crippen LogP contribution is 2.18. The van der Waals surface area contributed by atoms with Gasteiger partial charge in [-0.2, -0.15) is 0 Å². The molecule has 0 aliphatic heterocycles. The fourth-order valence-corrected chi connectivity index (χ4v) is 2.18. The quantitative estimate of drug-likeness (QED) is 0.759. The zero-order valence-corrected chi connectivity index (χ0v) is 12.7. The van der Waals surface area contributed by atoms with Crippen molar-refractivity contribution in [2.45, 2.75) is 45.7 Å². The zero-order chi connectivity index (χ0) is 15.3.